The SMILES string of the molecule is COc1ccccc1Oc1nccnc1[C@H]1CCCN(C(=O)c2ccc(-c3cnn(C)c3)nc2)C1. The summed E-state index contributed by atoms with van der Waals surface area (Å²) in [5.74, 6) is 1.58. The standard InChI is InChI=1S/C26H26N6O3/c1-31-16-20(15-30-31)21-10-9-18(14-29-21)26(33)32-13-5-6-19(17-32)24-25(28-12-11-27-24)35-23-8-4-3-7-22(23)34-2/h3-4,7-12,14-16,19H,5-6,13,17H2,1-2H3/t19-/m0/s1. The summed E-state index contributed by atoms with van der Waals surface area (Å²) in [6, 6.07) is 11.1. The molecule has 0 aliphatic carbocycles. The second-order valence-electron chi connectivity index (χ2n) is 8.42. The van der Waals surface area contributed by atoms with E-state index in [1.54, 1.807) is 36.6 Å². The van der Waals surface area contributed by atoms with Crippen LogP contribution in [0.1, 0.15) is 34.8 Å². The van der Waals surface area contributed by atoms with Crippen molar-refractivity contribution in [3.63, 3.8) is 0 Å². The van der Waals surface area contributed by atoms with Gasteiger partial charge >= 0.3 is 0 Å². The van der Waals surface area contributed by atoms with Crippen LogP contribution < -0.4 is 9.47 Å². The first-order chi connectivity index (χ1) is 17.1. The van der Waals surface area contributed by atoms with Gasteiger partial charge < -0.3 is 14.4 Å². The molecular formula is C26H26N6O3. The molecule has 1 saturated heterocycles. The quantitative estimate of drug-likeness (QED) is 0.419. The van der Waals surface area contributed by atoms with Gasteiger partial charge in [-0.2, -0.15) is 5.10 Å². The minimum atomic E-state index is -0.0453. The van der Waals surface area contributed by atoms with Gasteiger partial charge in [0.25, 0.3) is 5.91 Å². The van der Waals surface area contributed by atoms with Crippen LogP contribution in [0.3, 0.4) is 0 Å². The number of amides is 1. The second-order valence-corrected chi connectivity index (χ2v) is 8.42. The molecule has 35 heavy (non-hydrogen) atoms. The molecule has 1 amide bonds. The summed E-state index contributed by atoms with van der Waals surface area (Å²) < 4.78 is 13.2. The number of likely N-dealkylation sites (tertiary alicyclic amines) is 1. The molecule has 0 unspecified atom stereocenters. The van der Waals surface area contributed by atoms with Gasteiger partial charge in [0.05, 0.1) is 24.6 Å². The van der Waals surface area contributed by atoms with Gasteiger partial charge in [0.1, 0.15) is 5.69 Å². The number of ether oxygens (including phenoxy) is 2. The fraction of sp³-hybridized carbons (Fsp3) is 0.269. The van der Waals surface area contributed by atoms with E-state index < -0.39 is 0 Å². The molecule has 1 aromatic carbocycles. The van der Waals surface area contributed by atoms with Crippen molar-refractivity contribution in [2.45, 2.75) is 18.8 Å². The van der Waals surface area contributed by atoms with Crippen molar-refractivity contribution in [2.75, 3.05) is 20.2 Å². The van der Waals surface area contributed by atoms with Crippen LogP contribution in [-0.2, 0) is 7.05 Å². The number of carbonyl (C=O) groups is 1. The smallest absolute Gasteiger partial charge is 0.255 e. The predicted octanol–water partition coefficient (Wildman–Crippen LogP) is 4.09. The molecule has 0 saturated carbocycles. The summed E-state index contributed by atoms with van der Waals surface area (Å²) in [5.41, 5.74) is 2.99. The van der Waals surface area contributed by atoms with E-state index in [0.717, 1.165) is 29.8 Å². The third-order valence-corrected chi connectivity index (χ3v) is 6.07. The van der Waals surface area contributed by atoms with Gasteiger partial charge in [-0.3, -0.25) is 19.4 Å². The highest BCUT2D eigenvalue weighted by atomic mass is 16.5. The number of rotatable bonds is 6. The van der Waals surface area contributed by atoms with E-state index in [4.69, 9.17) is 9.47 Å². The first-order valence-corrected chi connectivity index (χ1v) is 11.5. The Labute approximate surface area is 203 Å². The Morgan fingerprint density at radius 3 is 2.60 bits per heavy atom. The highest BCUT2D eigenvalue weighted by molar-refractivity contribution is 5.94. The zero-order chi connectivity index (χ0) is 24.2. The third kappa shape index (κ3) is 4.84. The number of aryl methyl sites for hydroxylation is 1. The van der Waals surface area contributed by atoms with Gasteiger partial charge in [-0.25, -0.2) is 4.98 Å². The van der Waals surface area contributed by atoms with Crippen LogP contribution in [0.5, 0.6) is 17.4 Å². The molecule has 1 aliphatic heterocycles. The van der Waals surface area contributed by atoms with Crippen LogP contribution in [0, 0.1) is 0 Å². The van der Waals surface area contributed by atoms with E-state index >= 15 is 0 Å². The fourth-order valence-electron chi connectivity index (χ4n) is 4.31. The summed E-state index contributed by atoms with van der Waals surface area (Å²) in [6.07, 6.45) is 10.3. The van der Waals surface area contributed by atoms with Crippen molar-refractivity contribution in [2.24, 2.45) is 7.05 Å². The normalized spacial score (nSPS) is 15.6. The minimum absolute atomic E-state index is 0.00809. The Morgan fingerprint density at radius 1 is 1.03 bits per heavy atom. The number of methoxy groups -OCH3 is 1. The number of piperidine rings is 1. The number of para-hydroxylation sites is 2. The molecule has 9 nitrogen and oxygen atoms in total. The van der Waals surface area contributed by atoms with Gasteiger partial charge in [-0.15, -0.1) is 0 Å². The summed E-state index contributed by atoms with van der Waals surface area (Å²) >= 11 is 0. The van der Waals surface area contributed by atoms with E-state index in [-0.39, 0.29) is 11.8 Å². The Balaban J connectivity index is 1.33. The molecule has 0 N–H and O–H groups in total. The number of benzene rings is 1. The van der Waals surface area contributed by atoms with Gasteiger partial charge in [-0.05, 0) is 37.1 Å². The number of hydrogen-bond acceptors (Lipinski definition) is 7. The van der Waals surface area contributed by atoms with Crippen molar-refractivity contribution in [3.8, 4) is 28.6 Å². The number of hydrogen-bond donors (Lipinski definition) is 0. The first kappa shape index (κ1) is 22.5. The van der Waals surface area contributed by atoms with E-state index in [9.17, 15) is 4.79 Å². The maximum absolute atomic E-state index is 13.3. The molecule has 178 valence electrons. The third-order valence-electron chi connectivity index (χ3n) is 6.07. The van der Waals surface area contributed by atoms with Gasteiger partial charge in [0.2, 0.25) is 5.88 Å². The topological polar surface area (TPSA) is 95.3 Å². The van der Waals surface area contributed by atoms with Crippen LogP contribution in [0.2, 0.25) is 0 Å². The van der Waals surface area contributed by atoms with E-state index in [1.807, 2.05) is 54.5 Å². The van der Waals surface area contributed by atoms with E-state index in [2.05, 4.69) is 20.1 Å². The molecule has 4 aromatic rings. The average molecular weight is 471 g/mol. The molecule has 4 heterocycles. The predicted molar refractivity (Wildman–Crippen MR) is 129 cm³/mol. The molecule has 0 radical (unpaired) electrons. The lowest BCUT2D eigenvalue weighted by Crippen LogP contribution is -2.39. The molecule has 1 aliphatic rings. The maximum Gasteiger partial charge on any atom is 0.255 e. The highest BCUT2D eigenvalue weighted by Gasteiger charge is 2.29. The zero-order valence-electron chi connectivity index (χ0n) is 19.7. The monoisotopic (exact) mass is 470 g/mol. The van der Waals surface area contributed by atoms with Crippen LogP contribution in [-0.4, -0.2) is 55.7 Å². The van der Waals surface area contributed by atoms with Gasteiger partial charge in [0.15, 0.2) is 11.5 Å². The van der Waals surface area contributed by atoms with Crippen molar-refractivity contribution in [1.82, 2.24) is 29.6 Å². The zero-order valence-corrected chi connectivity index (χ0v) is 19.7. The molecular weight excluding hydrogens is 444 g/mol. The molecule has 5 rings (SSSR count). The minimum Gasteiger partial charge on any atom is -0.493 e. The van der Waals surface area contributed by atoms with Crippen molar-refractivity contribution < 1.29 is 14.3 Å². The Hall–Kier alpha value is -4.27. The number of pyridine rings is 1. The summed E-state index contributed by atoms with van der Waals surface area (Å²) in [5, 5.41) is 4.18. The summed E-state index contributed by atoms with van der Waals surface area (Å²) in [7, 11) is 3.46. The van der Waals surface area contributed by atoms with Crippen LogP contribution in [0.15, 0.2) is 67.4 Å². The largest absolute Gasteiger partial charge is 0.493 e. The molecule has 9 heteroatoms. The molecule has 1 fully saturated rings. The maximum atomic E-state index is 13.3. The molecule has 1 atom stereocenters. The lowest BCUT2D eigenvalue weighted by Gasteiger charge is -2.32. The fourth-order valence-corrected chi connectivity index (χ4v) is 4.31. The van der Waals surface area contributed by atoms with Crippen molar-refractivity contribution in [3.05, 3.63) is 78.6 Å². The van der Waals surface area contributed by atoms with Gasteiger partial charge in [0, 0.05) is 56.4 Å². The number of nitrogens with zero attached hydrogens (tertiary/aromatic N) is 6. The average Bonchev–Trinajstić information content (AvgIpc) is 3.35. The van der Waals surface area contributed by atoms with Crippen LogP contribution in [0.4, 0.5) is 0 Å². The van der Waals surface area contributed by atoms with E-state index in [0.29, 0.717) is 36.0 Å². The highest BCUT2D eigenvalue weighted by Crippen LogP contribution is 2.36. The van der Waals surface area contributed by atoms with Crippen molar-refractivity contribution in [1.29, 1.82) is 0 Å². The van der Waals surface area contributed by atoms with Crippen LogP contribution in [0.25, 0.3) is 11.3 Å². The van der Waals surface area contributed by atoms with Gasteiger partial charge in [-0.1, -0.05) is 12.1 Å². The lowest BCUT2D eigenvalue weighted by atomic mass is 9.94. The Bertz CT molecular complexity index is 1320. The number of aromatic nitrogens is 5. The molecule has 0 bridgehead atoms. The molecule has 0 spiro atoms. The molecule has 3 aromatic heterocycles. The Morgan fingerprint density at radius 2 is 1.86 bits per heavy atom. The summed E-state index contributed by atoms with van der Waals surface area (Å²) in [6.45, 7) is 1.22. The number of carbonyl (C=O) groups excluding carboxylic acids is 1. The summed E-state index contributed by atoms with van der Waals surface area (Å²) in [4.78, 5) is 28.6. The second kappa shape index (κ2) is 9.92. The first-order valence-electron chi connectivity index (χ1n) is 11.5. The Kier molecular flexibility index (Phi) is 6.38. The van der Waals surface area contributed by atoms with Crippen molar-refractivity contribution >= 4 is 5.91 Å². The van der Waals surface area contributed by atoms with Crippen LogP contribution >= 0.6 is 0 Å². The van der Waals surface area contributed by atoms with E-state index in [1.165, 1.54) is 0 Å². The lowest BCUT2D eigenvalue weighted by molar-refractivity contribution is 0.0704.